The Hall–Kier alpha value is -1.80. The average molecular weight is 254 g/mol. The second-order valence-corrected chi connectivity index (χ2v) is 4.84. The summed E-state index contributed by atoms with van der Waals surface area (Å²) in [6, 6.07) is 14.9. The van der Waals surface area contributed by atoms with Gasteiger partial charge in [-0.25, -0.2) is 0 Å². The maximum atomic E-state index is 5.61. The Morgan fingerprint density at radius 3 is 2.32 bits per heavy atom. The third-order valence-corrected chi connectivity index (χ3v) is 3.47. The Morgan fingerprint density at radius 2 is 1.68 bits per heavy atom. The molecule has 0 aromatic heterocycles. The van der Waals surface area contributed by atoms with Crippen LogP contribution in [0.15, 0.2) is 42.5 Å². The third-order valence-electron chi connectivity index (χ3n) is 3.47. The number of anilines is 1. The summed E-state index contributed by atoms with van der Waals surface area (Å²) < 4.78 is 0. The number of aryl methyl sites for hydroxylation is 2. The van der Waals surface area contributed by atoms with Crippen LogP contribution in [-0.4, -0.2) is 0 Å². The normalized spacial score (nSPS) is 10.5. The van der Waals surface area contributed by atoms with Crippen molar-refractivity contribution < 1.29 is 0 Å². The van der Waals surface area contributed by atoms with Crippen molar-refractivity contribution in [1.29, 1.82) is 0 Å². The van der Waals surface area contributed by atoms with Gasteiger partial charge in [-0.1, -0.05) is 49.4 Å². The number of nitrogens with two attached hydrogens (primary N) is 1. The van der Waals surface area contributed by atoms with Crippen molar-refractivity contribution in [3.8, 4) is 0 Å². The van der Waals surface area contributed by atoms with Crippen LogP contribution in [0.5, 0.6) is 0 Å². The first-order valence-corrected chi connectivity index (χ1v) is 6.84. The molecule has 0 spiro atoms. The van der Waals surface area contributed by atoms with Gasteiger partial charge in [0.1, 0.15) is 0 Å². The van der Waals surface area contributed by atoms with E-state index in [9.17, 15) is 0 Å². The Kier molecular flexibility index (Phi) is 4.58. The van der Waals surface area contributed by atoms with Gasteiger partial charge in [0.25, 0.3) is 0 Å². The predicted molar refractivity (Wildman–Crippen MR) is 82.2 cm³/mol. The maximum Gasteiger partial charge on any atom is 0.0404 e. The van der Waals surface area contributed by atoms with Crippen LogP contribution in [0.25, 0.3) is 0 Å². The van der Waals surface area contributed by atoms with Gasteiger partial charge in [-0.3, -0.25) is 0 Å². The second-order valence-electron chi connectivity index (χ2n) is 4.84. The van der Waals surface area contributed by atoms with E-state index in [0.29, 0.717) is 6.54 Å². The lowest BCUT2D eigenvalue weighted by atomic mass is 10.1. The third kappa shape index (κ3) is 3.36. The molecular weight excluding hydrogens is 232 g/mol. The average Bonchev–Trinajstić information content (AvgIpc) is 2.46. The number of hydrogen-bond acceptors (Lipinski definition) is 2. The van der Waals surface area contributed by atoms with Crippen LogP contribution in [-0.2, 0) is 19.5 Å². The minimum absolute atomic E-state index is 0.603. The number of benzene rings is 2. The van der Waals surface area contributed by atoms with E-state index in [1.165, 1.54) is 27.9 Å². The molecule has 0 radical (unpaired) electrons. The molecule has 2 aromatic carbocycles. The van der Waals surface area contributed by atoms with Crippen molar-refractivity contribution in [2.24, 2.45) is 5.73 Å². The molecule has 0 atom stereocenters. The topological polar surface area (TPSA) is 38.0 Å². The van der Waals surface area contributed by atoms with Crippen LogP contribution >= 0.6 is 0 Å². The Balaban J connectivity index is 2.09. The molecule has 2 rings (SSSR count). The van der Waals surface area contributed by atoms with Crippen molar-refractivity contribution in [3.63, 3.8) is 0 Å². The van der Waals surface area contributed by atoms with Crippen LogP contribution < -0.4 is 11.1 Å². The van der Waals surface area contributed by atoms with Crippen LogP contribution in [0, 0.1) is 6.92 Å². The van der Waals surface area contributed by atoms with Gasteiger partial charge in [0.2, 0.25) is 0 Å². The molecule has 2 aromatic rings. The summed E-state index contributed by atoms with van der Waals surface area (Å²) in [5.74, 6) is 0. The Bertz CT molecular complexity index is 529. The highest BCUT2D eigenvalue weighted by Gasteiger charge is 2.03. The number of nitrogens with one attached hydrogen (secondary N) is 1. The van der Waals surface area contributed by atoms with Gasteiger partial charge < -0.3 is 11.1 Å². The fourth-order valence-electron chi connectivity index (χ4n) is 2.26. The quantitative estimate of drug-likeness (QED) is 0.855. The highest BCUT2D eigenvalue weighted by atomic mass is 14.9. The van der Waals surface area contributed by atoms with Gasteiger partial charge in [-0.2, -0.15) is 0 Å². The van der Waals surface area contributed by atoms with E-state index >= 15 is 0 Å². The van der Waals surface area contributed by atoms with Gasteiger partial charge >= 0.3 is 0 Å². The van der Waals surface area contributed by atoms with E-state index in [4.69, 9.17) is 5.73 Å². The molecule has 0 fully saturated rings. The Morgan fingerprint density at radius 1 is 1.00 bits per heavy atom. The molecule has 0 amide bonds. The zero-order valence-corrected chi connectivity index (χ0v) is 11.7. The number of hydrogen-bond donors (Lipinski definition) is 2. The van der Waals surface area contributed by atoms with E-state index in [1.807, 2.05) is 0 Å². The first-order valence-electron chi connectivity index (χ1n) is 6.84. The molecule has 0 aliphatic rings. The van der Waals surface area contributed by atoms with Crippen LogP contribution in [0.3, 0.4) is 0 Å². The smallest absolute Gasteiger partial charge is 0.0404 e. The maximum absolute atomic E-state index is 5.61. The lowest BCUT2D eigenvalue weighted by Gasteiger charge is -2.14. The summed E-state index contributed by atoms with van der Waals surface area (Å²) in [7, 11) is 0. The van der Waals surface area contributed by atoms with Crippen LogP contribution in [0.1, 0.15) is 29.2 Å². The molecule has 0 unspecified atom stereocenters. The standard InChI is InChI=1S/C17H22N2/c1-3-16-6-4-5-13(2)17(16)19-12-15-9-7-14(11-18)8-10-15/h4-10,19H,3,11-12,18H2,1-2H3. The molecule has 0 saturated carbocycles. The summed E-state index contributed by atoms with van der Waals surface area (Å²) in [6.07, 6.45) is 1.05. The molecule has 2 heteroatoms. The molecule has 2 nitrogen and oxygen atoms in total. The highest BCUT2D eigenvalue weighted by molar-refractivity contribution is 5.57. The lowest BCUT2D eigenvalue weighted by molar-refractivity contribution is 1.05. The molecule has 19 heavy (non-hydrogen) atoms. The Labute approximate surface area is 115 Å². The summed E-state index contributed by atoms with van der Waals surface area (Å²) in [4.78, 5) is 0. The van der Waals surface area contributed by atoms with Crippen molar-refractivity contribution in [3.05, 3.63) is 64.7 Å². The summed E-state index contributed by atoms with van der Waals surface area (Å²) in [5, 5.41) is 3.55. The van der Waals surface area contributed by atoms with Crippen LogP contribution in [0.4, 0.5) is 5.69 Å². The molecule has 100 valence electrons. The van der Waals surface area contributed by atoms with E-state index in [1.54, 1.807) is 0 Å². The highest BCUT2D eigenvalue weighted by Crippen LogP contribution is 2.21. The van der Waals surface area contributed by atoms with Gasteiger partial charge in [0.15, 0.2) is 0 Å². The van der Waals surface area contributed by atoms with Crippen molar-refractivity contribution in [2.45, 2.75) is 33.4 Å². The van der Waals surface area contributed by atoms with Crippen molar-refractivity contribution in [1.82, 2.24) is 0 Å². The zero-order valence-electron chi connectivity index (χ0n) is 11.7. The molecule has 0 aliphatic heterocycles. The molecule has 0 saturated heterocycles. The van der Waals surface area contributed by atoms with Crippen molar-refractivity contribution in [2.75, 3.05) is 5.32 Å². The van der Waals surface area contributed by atoms with Gasteiger partial charge in [-0.15, -0.1) is 0 Å². The first kappa shape index (κ1) is 13.6. The van der Waals surface area contributed by atoms with E-state index < -0.39 is 0 Å². The van der Waals surface area contributed by atoms with Gasteiger partial charge in [0, 0.05) is 18.8 Å². The lowest BCUT2D eigenvalue weighted by Crippen LogP contribution is -2.04. The number of rotatable bonds is 5. The van der Waals surface area contributed by atoms with Gasteiger partial charge in [0.05, 0.1) is 0 Å². The van der Waals surface area contributed by atoms with Crippen LogP contribution in [0.2, 0.25) is 0 Å². The molecule has 0 aliphatic carbocycles. The SMILES string of the molecule is CCc1cccc(C)c1NCc1ccc(CN)cc1. The fourth-order valence-corrected chi connectivity index (χ4v) is 2.26. The summed E-state index contributed by atoms with van der Waals surface area (Å²) in [5.41, 5.74) is 12.0. The zero-order chi connectivity index (χ0) is 13.7. The largest absolute Gasteiger partial charge is 0.381 e. The first-order chi connectivity index (χ1) is 9.24. The van der Waals surface area contributed by atoms with Gasteiger partial charge in [-0.05, 0) is 35.6 Å². The molecule has 0 bridgehead atoms. The monoisotopic (exact) mass is 254 g/mol. The minimum Gasteiger partial charge on any atom is -0.381 e. The van der Waals surface area contributed by atoms with E-state index in [2.05, 4.69) is 61.6 Å². The number of para-hydroxylation sites is 1. The molecular formula is C17H22N2. The van der Waals surface area contributed by atoms with E-state index in [0.717, 1.165) is 13.0 Å². The minimum atomic E-state index is 0.603. The predicted octanol–water partition coefficient (Wildman–Crippen LogP) is 3.63. The van der Waals surface area contributed by atoms with E-state index in [-0.39, 0.29) is 0 Å². The fraction of sp³-hybridized carbons (Fsp3) is 0.294. The summed E-state index contributed by atoms with van der Waals surface area (Å²) in [6.45, 7) is 5.79. The summed E-state index contributed by atoms with van der Waals surface area (Å²) >= 11 is 0. The molecule has 3 N–H and O–H groups in total. The molecule has 0 heterocycles. The van der Waals surface area contributed by atoms with Crippen molar-refractivity contribution >= 4 is 5.69 Å². The second kappa shape index (κ2) is 6.39.